The third-order valence-corrected chi connectivity index (χ3v) is 14.0. The molecule has 0 aromatic heterocycles. The second kappa shape index (κ2) is 39.4. The maximum atomic E-state index is 13.3. The number of aliphatic hydroxyl groups is 10. The maximum absolute atomic E-state index is 13.3. The molecule has 404 valence electrons. The van der Waals surface area contributed by atoms with E-state index in [0.29, 0.717) is 12.8 Å². The van der Waals surface area contributed by atoms with E-state index in [1.807, 2.05) is 0 Å². The van der Waals surface area contributed by atoms with Crippen molar-refractivity contribution < 1.29 is 74.8 Å². The monoisotopic (exact) mass is 980 g/mol. The molecule has 2 heterocycles. The first-order valence-electron chi connectivity index (χ1n) is 27.5. The summed E-state index contributed by atoms with van der Waals surface area (Å²) in [5.74, 6) is -0.762. The Labute approximate surface area is 409 Å². The highest BCUT2D eigenvalue weighted by Crippen LogP contribution is 2.31. The highest BCUT2D eigenvalue weighted by molar-refractivity contribution is 5.80. The van der Waals surface area contributed by atoms with Crippen LogP contribution in [0.4, 0.5) is 0 Å². The van der Waals surface area contributed by atoms with Crippen molar-refractivity contribution in [2.75, 3.05) is 19.8 Å². The largest absolute Gasteiger partial charge is 0.394 e. The summed E-state index contributed by atoms with van der Waals surface area (Å²) in [7, 11) is 0. The van der Waals surface area contributed by atoms with Gasteiger partial charge in [0.05, 0.1) is 32.0 Å². The molecule has 0 aromatic carbocycles. The van der Waals surface area contributed by atoms with E-state index in [9.17, 15) is 55.9 Å². The van der Waals surface area contributed by atoms with Crippen molar-refractivity contribution in [1.82, 2.24) is 5.32 Å². The summed E-state index contributed by atoms with van der Waals surface area (Å²) in [4.78, 5) is 13.3. The smallest absolute Gasteiger partial charge is 0.249 e. The van der Waals surface area contributed by atoms with Crippen LogP contribution >= 0.6 is 0 Å². The van der Waals surface area contributed by atoms with Gasteiger partial charge in [0.2, 0.25) is 5.91 Å². The van der Waals surface area contributed by atoms with Gasteiger partial charge in [0.25, 0.3) is 0 Å². The van der Waals surface area contributed by atoms with Crippen molar-refractivity contribution in [3.05, 3.63) is 0 Å². The third kappa shape index (κ3) is 25.5. The molecule has 2 aliphatic rings. The number of carbonyl (C=O) groups excluding carboxylic acids is 1. The zero-order chi connectivity index (χ0) is 49.9. The fourth-order valence-electron chi connectivity index (χ4n) is 9.42. The van der Waals surface area contributed by atoms with Crippen LogP contribution in [0.15, 0.2) is 0 Å². The quantitative estimate of drug-likeness (QED) is 0.0326. The Morgan fingerprint density at radius 3 is 1.38 bits per heavy atom. The number of nitrogens with one attached hydrogen (secondary N) is 1. The molecule has 2 aliphatic heterocycles. The first kappa shape index (κ1) is 63.0. The molecule has 68 heavy (non-hydrogen) atoms. The first-order chi connectivity index (χ1) is 32.9. The highest BCUT2D eigenvalue weighted by atomic mass is 16.7. The van der Waals surface area contributed by atoms with Crippen LogP contribution in [-0.2, 0) is 23.7 Å². The Bertz CT molecular complexity index is 1190. The number of aliphatic hydroxyl groups excluding tert-OH is 10. The van der Waals surface area contributed by atoms with Crippen LogP contribution in [-0.4, -0.2) is 163 Å². The van der Waals surface area contributed by atoms with Crippen molar-refractivity contribution in [2.45, 2.75) is 305 Å². The summed E-state index contributed by atoms with van der Waals surface area (Å²) in [6.45, 7) is 2.37. The maximum Gasteiger partial charge on any atom is 0.249 e. The number of amides is 1. The first-order valence-corrected chi connectivity index (χ1v) is 27.5. The summed E-state index contributed by atoms with van der Waals surface area (Å²) in [5, 5.41) is 108. The standard InChI is InChI=1S/C52H101NO15/c1-3-5-7-9-11-13-15-16-17-18-19-20-21-22-23-24-26-28-30-32-34-40(57)50(64)53-38(43(59)39(56)33-31-29-27-25-14-12-10-8-6-4-2)37-65-51-47(63)49(44(60)42(36-55)66-51)68-52-46(62)45(61)48(67-52)41(58)35-54/h38-49,51-52,54-63H,3-37H2,1-2H3,(H,53,64)/t38-,39+,40+,41+,42+,43-,44-,45+,46+,47+,48-,49-,51-,52-/m0/s1. The van der Waals surface area contributed by atoms with E-state index in [1.165, 1.54) is 135 Å². The van der Waals surface area contributed by atoms with Gasteiger partial charge in [0, 0.05) is 0 Å². The van der Waals surface area contributed by atoms with Crippen molar-refractivity contribution in [3.8, 4) is 0 Å². The zero-order valence-corrected chi connectivity index (χ0v) is 42.3. The third-order valence-electron chi connectivity index (χ3n) is 14.0. The van der Waals surface area contributed by atoms with Gasteiger partial charge >= 0.3 is 0 Å². The molecule has 2 saturated heterocycles. The van der Waals surface area contributed by atoms with Crippen LogP contribution in [0.25, 0.3) is 0 Å². The molecule has 0 saturated carbocycles. The summed E-state index contributed by atoms with van der Waals surface area (Å²) in [6.07, 6.45) is 15.7. The Morgan fingerprint density at radius 1 is 0.529 bits per heavy atom. The molecule has 0 unspecified atom stereocenters. The lowest BCUT2D eigenvalue weighted by Gasteiger charge is -2.43. The number of hydrogen-bond acceptors (Lipinski definition) is 15. The lowest BCUT2D eigenvalue weighted by Crippen LogP contribution is -2.62. The second-order valence-corrected chi connectivity index (χ2v) is 20.0. The van der Waals surface area contributed by atoms with Crippen LogP contribution in [0.2, 0.25) is 0 Å². The fourth-order valence-corrected chi connectivity index (χ4v) is 9.42. The zero-order valence-electron chi connectivity index (χ0n) is 42.3. The van der Waals surface area contributed by atoms with E-state index < -0.39 is 111 Å². The van der Waals surface area contributed by atoms with Gasteiger partial charge in [-0.1, -0.05) is 206 Å². The topological polar surface area (TPSA) is 268 Å². The molecule has 0 aromatic rings. The van der Waals surface area contributed by atoms with Gasteiger partial charge in [-0.05, 0) is 12.8 Å². The molecule has 16 nitrogen and oxygen atoms in total. The molecule has 1 amide bonds. The minimum atomic E-state index is -1.82. The lowest BCUT2D eigenvalue weighted by atomic mass is 9.98. The highest BCUT2D eigenvalue weighted by Gasteiger charge is 2.52. The van der Waals surface area contributed by atoms with Gasteiger partial charge in [-0.3, -0.25) is 4.79 Å². The van der Waals surface area contributed by atoms with Gasteiger partial charge in [-0.15, -0.1) is 0 Å². The van der Waals surface area contributed by atoms with Gasteiger partial charge in [-0.2, -0.15) is 0 Å². The summed E-state index contributed by atoms with van der Waals surface area (Å²) in [5.41, 5.74) is 0. The van der Waals surface area contributed by atoms with Crippen molar-refractivity contribution in [1.29, 1.82) is 0 Å². The average Bonchev–Trinajstić information content (AvgIpc) is 3.62. The average molecular weight is 980 g/mol. The van der Waals surface area contributed by atoms with E-state index in [2.05, 4.69) is 19.2 Å². The molecule has 0 aliphatic carbocycles. The molecular formula is C52H101NO15. The Balaban J connectivity index is 1.85. The van der Waals surface area contributed by atoms with E-state index in [-0.39, 0.29) is 12.8 Å². The van der Waals surface area contributed by atoms with E-state index in [0.717, 1.165) is 44.9 Å². The second-order valence-electron chi connectivity index (χ2n) is 20.0. The van der Waals surface area contributed by atoms with Crippen molar-refractivity contribution in [2.24, 2.45) is 0 Å². The van der Waals surface area contributed by atoms with Gasteiger partial charge in [0.15, 0.2) is 12.6 Å². The lowest BCUT2D eigenvalue weighted by molar-refractivity contribution is -0.332. The Morgan fingerprint density at radius 2 is 0.956 bits per heavy atom. The molecule has 0 radical (unpaired) electrons. The predicted octanol–water partition coefficient (Wildman–Crippen LogP) is 5.72. The minimum absolute atomic E-state index is 0.204. The van der Waals surface area contributed by atoms with Gasteiger partial charge < -0.3 is 75.3 Å². The molecule has 16 heteroatoms. The molecular weight excluding hydrogens is 879 g/mol. The molecule has 14 atom stereocenters. The number of hydrogen-bond donors (Lipinski definition) is 11. The summed E-state index contributed by atoms with van der Waals surface area (Å²) < 4.78 is 22.5. The van der Waals surface area contributed by atoms with E-state index in [4.69, 9.17) is 18.9 Å². The van der Waals surface area contributed by atoms with E-state index >= 15 is 0 Å². The van der Waals surface area contributed by atoms with E-state index in [1.54, 1.807) is 0 Å². The van der Waals surface area contributed by atoms with Crippen LogP contribution in [0.3, 0.4) is 0 Å². The molecule has 0 bridgehead atoms. The Hall–Kier alpha value is -1.09. The summed E-state index contributed by atoms with van der Waals surface area (Å²) >= 11 is 0. The number of carbonyl (C=O) groups is 1. The fraction of sp³-hybridized carbons (Fsp3) is 0.981. The van der Waals surface area contributed by atoms with Crippen molar-refractivity contribution in [3.63, 3.8) is 0 Å². The number of ether oxygens (including phenoxy) is 4. The Kier molecular flexibility index (Phi) is 36.6. The van der Waals surface area contributed by atoms with Crippen LogP contribution in [0, 0.1) is 0 Å². The predicted molar refractivity (Wildman–Crippen MR) is 261 cm³/mol. The van der Waals surface area contributed by atoms with Crippen LogP contribution in [0.5, 0.6) is 0 Å². The molecule has 2 fully saturated rings. The van der Waals surface area contributed by atoms with Crippen LogP contribution in [0.1, 0.15) is 219 Å². The number of rotatable bonds is 44. The van der Waals surface area contributed by atoms with Gasteiger partial charge in [0.1, 0.15) is 61.0 Å². The molecule has 0 spiro atoms. The molecule has 2 rings (SSSR count). The van der Waals surface area contributed by atoms with Crippen LogP contribution < -0.4 is 5.32 Å². The SMILES string of the molecule is CCCCCCCCCCCCCCCCCCCCCC[C@@H](O)C(=O)N[C@@H](CO[C@H]1O[C@H](CO)[C@H](O)[C@H](O[C@@H]2O[C@@H]([C@H](O)CO)[C@H](O)[C@H]2O)[C@H]1O)[C@H](O)[C@H](O)CCCCCCCCCCCC. The normalized spacial score (nSPS) is 26.4. The number of unbranched alkanes of at least 4 members (excludes halogenated alkanes) is 28. The minimum Gasteiger partial charge on any atom is -0.394 e. The van der Waals surface area contributed by atoms with Gasteiger partial charge in [-0.25, -0.2) is 0 Å². The summed E-state index contributed by atoms with van der Waals surface area (Å²) in [6, 6.07) is -1.28. The molecule has 11 N–H and O–H groups in total. The van der Waals surface area contributed by atoms with Crippen molar-refractivity contribution >= 4 is 5.91 Å².